The van der Waals surface area contributed by atoms with Crippen molar-refractivity contribution < 1.29 is 14.4 Å². The third-order valence-corrected chi connectivity index (χ3v) is 4.79. The normalized spacial score (nSPS) is 19.3. The Morgan fingerprint density at radius 3 is 2.30 bits per heavy atom. The Morgan fingerprint density at radius 1 is 1.07 bits per heavy atom. The predicted octanol–water partition coefficient (Wildman–Crippen LogP) is 3.22. The van der Waals surface area contributed by atoms with Crippen molar-refractivity contribution >= 4 is 23.5 Å². The van der Waals surface area contributed by atoms with Gasteiger partial charge in [-0.1, -0.05) is 56.3 Å². The first-order valence-electron chi connectivity index (χ1n) is 8.90. The fraction of sp³-hybridized carbons (Fsp3) is 0.286. The highest BCUT2D eigenvalue weighted by molar-refractivity contribution is 6.10. The van der Waals surface area contributed by atoms with Crippen LogP contribution in [0.2, 0.25) is 0 Å². The van der Waals surface area contributed by atoms with E-state index in [1.54, 1.807) is 31.2 Å². The minimum absolute atomic E-state index is 0.334. The van der Waals surface area contributed by atoms with Crippen LogP contribution < -0.4 is 10.6 Å². The molecule has 1 heterocycles. The van der Waals surface area contributed by atoms with Crippen LogP contribution in [0, 0.1) is 0 Å². The van der Waals surface area contributed by atoms with E-state index in [0.29, 0.717) is 17.2 Å². The van der Waals surface area contributed by atoms with E-state index < -0.39 is 23.4 Å². The summed E-state index contributed by atoms with van der Waals surface area (Å²) in [6, 6.07) is 15.9. The van der Waals surface area contributed by atoms with E-state index in [4.69, 9.17) is 0 Å². The Bertz CT molecular complexity index is 862. The van der Waals surface area contributed by atoms with Crippen molar-refractivity contribution in [3.8, 4) is 0 Å². The van der Waals surface area contributed by atoms with Gasteiger partial charge in [-0.2, -0.15) is 0 Å². The van der Waals surface area contributed by atoms with Gasteiger partial charge in [-0.25, -0.2) is 4.79 Å². The molecule has 1 saturated heterocycles. The van der Waals surface area contributed by atoms with Gasteiger partial charge in [0.1, 0.15) is 12.1 Å². The number of urea groups is 1. The molecule has 0 bridgehead atoms. The van der Waals surface area contributed by atoms with Crippen molar-refractivity contribution in [1.82, 2.24) is 10.2 Å². The third-order valence-electron chi connectivity index (χ3n) is 4.79. The molecule has 2 N–H and O–H groups in total. The van der Waals surface area contributed by atoms with E-state index in [-0.39, 0.29) is 6.54 Å². The molecular formula is C21H23N3O3. The van der Waals surface area contributed by atoms with Crippen molar-refractivity contribution in [3.63, 3.8) is 0 Å². The van der Waals surface area contributed by atoms with Gasteiger partial charge in [-0.15, -0.1) is 0 Å². The summed E-state index contributed by atoms with van der Waals surface area (Å²) < 4.78 is 0. The zero-order chi connectivity index (χ0) is 19.6. The summed E-state index contributed by atoms with van der Waals surface area (Å²) in [6.07, 6.45) is 0. The van der Waals surface area contributed by atoms with Crippen LogP contribution >= 0.6 is 0 Å². The van der Waals surface area contributed by atoms with E-state index in [0.717, 1.165) is 4.90 Å². The molecule has 6 heteroatoms. The number of imide groups is 1. The van der Waals surface area contributed by atoms with E-state index in [1.807, 2.05) is 30.3 Å². The summed E-state index contributed by atoms with van der Waals surface area (Å²) in [7, 11) is 0. The number of hydrogen-bond donors (Lipinski definition) is 2. The van der Waals surface area contributed by atoms with E-state index in [1.165, 1.54) is 5.56 Å². The molecule has 2 aromatic rings. The summed E-state index contributed by atoms with van der Waals surface area (Å²) in [4.78, 5) is 38.4. The highest BCUT2D eigenvalue weighted by Gasteiger charge is 2.49. The van der Waals surface area contributed by atoms with E-state index in [2.05, 4.69) is 24.5 Å². The van der Waals surface area contributed by atoms with Crippen LogP contribution in [0.5, 0.6) is 0 Å². The van der Waals surface area contributed by atoms with Crippen LogP contribution in [0.15, 0.2) is 54.6 Å². The van der Waals surface area contributed by atoms with Crippen molar-refractivity contribution in [2.75, 3.05) is 11.9 Å². The molecule has 0 saturated carbocycles. The molecule has 1 fully saturated rings. The van der Waals surface area contributed by atoms with Gasteiger partial charge in [0.05, 0.1) is 0 Å². The first-order chi connectivity index (χ1) is 12.8. The maximum Gasteiger partial charge on any atom is 0.325 e. The second-order valence-corrected chi connectivity index (χ2v) is 7.14. The van der Waals surface area contributed by atoms with Gasteiger partial charge in [0.2, 0.25) is 5.91 Å². The van der Waals surface area contributed by atoms with Crippen molar-refractivity contribution in [2.45, 2.75) is 32.2 Å². The standard InChI is InChI=1S/C21H23N3O3/c1-14(2)15-9-11-17(12-10-15)22-18(25)13-24-19(26)21(3,23-20(24)27)16-7-5-4-6-8-16/h4-12,14H,13H2,1-3H3,(H,22,25)(H,23,27)/t21-/m1/s1. The number of anilines is 1. The SMILES string of the molecule is CC(C)c1ccc(NC(=O)CN2C(=O)N[C@](C)(c3ccccc3)C2=O)cc1. The Labute approximate surface area is 158 Å². The van der Waals surface area contributed by atoms with Crippen molar-refractivity contribution in [1.29, 1.82) is 0 Å². The predicted molar refractivity (Wildman–Crippen MR) is 103 cm³/mol. The lowest BCUT2D eigenvalue weighted by atomic mass is 9.92. The molecule has 2 aromatic carbocycles. The van der Waals surface area contributed by atoms with Crippen molar-refractivity contribution in [3.05, 3.63) is 65.7 Å². The van der Waals surface area contributed by atoms with Crippen LogP contribution in [0.1, 0.15) is 37.8 Å². The Hall–Kier alpha value is -3.15. The molecule has 27 heavy (non-hydrogen) atoms. The Balaban J connectivity index is 1.69. The summed E-state index contributed by atoms with van der Waals surface area (Å²) in [5.74, 6) is -0.464. The number of amides is 4. The fourth-order valence-corrected chi connectivity index (χ4v) is 3.10. The number of carbonyl (C=O) groups is 3. The molecule has 0 unspecified atom stereocenters. The molecular weight excluding hydrogens is 342 g/mol. The van der Waals surface area contributed by atoms with Gasteiger partial charge in [0.15, 0.2) is 0 Å². The number of carbonyl (C=O) groups excluding carboxylic acids is 3. The summed E-state index contributed by atoms with van der Waals surface area (Å²) in [6.45, 7) is 5.49. The average molecular weight is 365 g/mol. The van der Waals surface area contributed by atoms with Crippen LogP contribution in [0.25, 0.3) is 0 Å². The van der Waals surface area contributed by atoms with Gasteiger partial charge in [0.25, 0.3) is 5.91 Å². The highest BCUT2D eigenvalue weighted by Crippen LogP contribution is 2.28. The lowest BCUT2D eigenvalue weighted by Crippen LogP contribution is -2.42. The molecule has 1 atom stereocenters. The van der Waals surface area contributed by atoms with Crippen molar-refractivity contribution in [2.24, 2.45) is 0 Å². The maximum atomic E-state index is 12.8. The van der Waals surface area contributed by atoms with Gasteiger partial charge in [-0.3, -0.25) is 14.5 Å². The van der Waals surface area contributed by atoms with Crippen LogP contribution in [-0.2, 0) is 15.1 Å². The largest absolute Gasteiger partial charge is 0.325 e. The molecule has 4 amide bonds. The van der Waals surface area contributed by atoms with Crippen LogP contribution in [0.3, 0.4) is 0 Å². The highest BCUT2D eigenvalue weighted by atomic mass is 16.2. The lowest BCUT2D eigenvalue weighted by Gasteiger charge is -2.22. The molecule has 140 valence electrons. The topological polar surface area (TPSA) is 78.5 Å². The molecule has 0 spiro atoms. The Morgan fingerprint density at radius 2 is 1.70 bits per heavy atom. The lowest BCUT2D eigenvalue weighted by molar-refractivity contribution is -0.133. The number of benzene rings is 2. The summed E-state index contributed by atoms with van der Waals surface area (Å²) >= 11 is 0. The molecule has 1 aliphatic rings. The van der Waals surface area contributed by atoms with E-state index >= 15 is 0 Å². The number of rotatable bonds is 5. The Kier molecular flexibility index (Phi) is 4.99. The number of nitrogens with one attached hydrogen (secondary N) is 2. The smallest absolute Gasteiger partial charge is 0.325 e. The monoisotopic (exact) mass is 365 g/mol. The summed E-state index contributed by atoms with van der Waals surface area (Å²) in [5, 5.41) is 5.42. The fourth-order valence-electron chi connectivity index (χ4n) is 3.10. The van der Waals surface area contributed by atoms with Gasteiger partial charge >= 0.3 is 6.03 Å². The second-order valence-electron chi connectivity index (χ2n) is 7.14. The molecule has 1 aliphatic heterocycles. The number of hydrogen-bond acceptors (Lipinski definition) is 3. The third kappa shape index (κ3) is 3.69. The zero-order valence-electron chi connectivity index (χ0n) is 15.7. The van der Waals surface area contributed by atoms with Crippen LogP contribution in [-0.4, -0.2) is 29.3 Å². The van der Waals surface area contributed by atoms with Gasteiger partial charge < -0.3 is 10.6 Å². The zero-order valence-corrected chi connectivity index (χ0v) is 15.7. The van der Waals surface area contributed by atoms with Gasteiger partial charge in [-0.05, 0) is 36.1 Å². The van der Waals surface area contributed by atoms with Gasteiger partial charge in [0, 0.05) is 5.69 Å². The maximum absolute atomic E-state index is 12.8. The molecule has 3 rings (SSSR count). The first kappa shape index (κ1) is 18.6. The average Bonchev–Trinajstić information content (AvgIpc) is 2.87. The quantitative estimate of drug-likeness (QED) is 0.799. The molecule has 0 aromatic heterocycles. The molecule has 0 aliphatic carbocycles. The minimum atomic E-state index is -1.17. The molecule has 6 nitrogen and oxygen atoms in total. The second kappa shape index (κ2) is 7.23. The van der Waals surface area contributed by atoms with Crippen LogP contribution in [0.4, 0.5) is 10.5 Å². The summed E-state index contributed by atoms with van der Waals surface area (Å²) in [5.41, 5.74) is 1.30. The first-order valence-corrected chi connectivity index (χ1v) is 8.90. The number of nitrogens with zero attached hydrogens (tertiary/aromatic N) is 1. The van der Waals surface area contributed by atoms with E-state index in [9.17, 15) is 14.4 Å². The minimum Gasteiger partial charge on any atom is -0.325 e. The molecule has 0 radical (unpaired) electrons.